The van der Waals surface area contributed by atoms with Crippen LogP contribution in [0, 0.1) is 5.92 Å². The Hall–Kier alpha value is -0.0800. The van der Waals surface area contributed by atoms with Crippen LogP contribution in [0.25, 0.3) is 0 Å². The van der Waals surface area contributed by atoms with Gasteiger partial charge in [0.25, 0.3) is 0 Å². The molecule has 0 spiro atoms. The molecule has 0 aromatic heterocycles. The van der Waals surface area contributed by atoms with Crippen LogP contribution in [-0.4, -0.2) is 23.8 Å². The van der Waals surface area contributed by atoms with Gasteiger partial charge in [0, 0.05) is 6.04 Å². The molecular weight excluding hydrogens is 138 g/mol. The van der Waals surface area contributed by atoms with Gasteiger partial charge in [0.2, 0.25) is 0 Å². The zero-order valence-electron chi connectivity index (χ0n) is 7.51. The molecule has 66 valence electrons. The van der Waals surface area contributed by atoms with Crippen LogP contribution in [0.1, 0.15) is 33.1 Å². The molecule has 2 heteroatoms. The van der Waals surface area contributed by atoms with E-state index in [0.29, 0.717) is 6.04 Å². The first-order valence-electron chi connectivity index (χ1n) is 4.61. The van der Waals surface area contributed by atoms with Gasteiger partial charge in [-0.15, -0.1) is 0 Å². The minimum atomic E-state index is -0.158. The molecule has 2 N–H and O–H groups in total. The highest BCUT2D eigenvalue weighted by Gasteiger charge is 2.27. The Kier molecular flexibility index (Phi) is 3.34. The average molecular weight is 157 g/mol. The van der Waals surface area contributed by atoms with E-state index < -0.39 is 0 Å². The van der Waals surface area contributed by atoms with E-state index in [0.717, 1.165) is 18.9 Å². The third-order valence-electron chi connectivity index (χ3n) is 2.36. The number of hydrogen-bond acceptors (Lipinski definition) is 2. The third-order valence-corrected chi connectivity index (χ3v) is 2.36. The lowest BCUT2D eigenvalue weighted by atomic mass is 10.2. The number of nitrogens with one attached hydrogen (secondary N) is 1. The minimum Gasteiger partial charge on any atom is -0.393 e. The van der Waals surface area contributed by atoms with Crippen molar-refractivity contribution < 1.29 is 5.11 Å². The van der Waals surface area contributed by atoms with Crippen molar-refractivity contribution in [2.45, 2.75) is 45.3 Å². The molecule has 0 unspecified atom stereocenters. The molecule has 0 aliphatic heterocycles. The quantitative estimate of drug-likeness (QED) is 0.627. The van der Waals surface area contributed by atoms with E-state index in [2.05, 4.69) is 12.2 Å². The average Bonchev–Trinajstić information content (AvgIpc) is 2.66. The van der Waals surface area contributed by atoms with E-state index in [-0.39, 0.29) is 6.10 Å². The zero-order chi connectivity index (χ0) is 8.27. The van der Waals surface area contributed by atoms with Crippen molar-refractivity contribution in [1.29, 1.82) is 0 Å². The summed E-state index contributed by atoms with van der Waals surface area (Å²) in [6, 6.07) is 0.661. The Bertz CT molecular complexity index is 110. The molecule has 1 fully saturated rings. The summed E-state index contributed by atoms with van der Waals surface area (Å²) in [5, 5.41) is 12.4. The van der Waals surface area contributed by atoms with Crippen molar-refractivity contribution in [3.8, 4) is 0 Å². The van der Waals surface area contributed by atoms with Crippen LogP contribution >= 0.6 is 0 Å². The normalized spacial score (nSPS) is 23.2. The largest absolute Gasteiger partial charge is 0.393 e. The maximum absolute atomic E-state index is 8.98. The molecule has 2 atom stereocenters. The fraction of sp³-hybridized carbons (Fsp3) is 1.00. The second kappa shape index (κ2) is 4.07. The Morgan fingerprint density at radius 3 is 2.55 bits per heavy atom. The molecule has 0 heterocycles. The first-order valence-corrected chi connectivity index (χ1v) is 4.61. The smallest absolute Gasteiger partial charge is 0.0524 e. The molecule has 0 bridgehead atoms. The van der Waals surface area contributed by atoms with Crippen molar-refractivity contribution in [3.05, 3.63) is 0 Å². The van der Waals surface area contributed by atoms with Crippen molar-refractivity contribution >= 4 is 0 Å². The zero-order valence-corrected chi connectivity index (χ0v) is 7.51. The van der Waals surface area contributed by atoms with E-state index in [4.69, 9.17) is 5.11 Å². The predicted octanol–water partition coefficient (Wildman–Crippen LogP) is 1.15. The van der Waals surface area contributed by atoms with Gasteiger partial charge in [-0.3, -0.25) is 0 Å². The van der Waals surface area contributed by atoms with E-state index >= 15 is 0 Å². The van der Waals surface area contributed by atoms with E-state index in [1.54, 1.807) is 0 Å². The summed E-state index contributed by atoms with van der Waals surface area (Å²) in [7, 11) is 0. The highest BCUT2D eigenvalue weighted by Crippen LogP contribution is 2.32. The maximum Gasteiger partial charge on any atom is 0.0524 e. The van der Waals surface area contributed by atoms with Gasteiger partial charge in [-0.25, -0.2) is 0 Å². The Balaban J connectivity index is 1.93. The summed E-state index contributed by atoms with van der Waals surface area (Å²) in [4.78, 5) is 0. The highest BCUT2D eigenvalue weighted by molar-refractivity contribution is 4.83. The molecule has 0 saturated heterocycles. The van der Waals surface area contributed by atoms with Crippen LogP contribution < -0.4 is 5.32 Å². The molecule has 0 amide bonds. The Morgan fingerprint density at radius 1 is 1.45 bits per heavy atom. The summed E-state index contributed by atoms with van der Waals surface area (Å²) in [6.07, 6.45) is 3.50. The van der Waals surface area contributed by atoms with Crippen LogP contribution in [0.15, 0.2) is 0 Å². The molecular formula is C9H19NO. The van der Waals surface area contributed by atoms with Gasteiger partial charge in [-0.1, -0.05) is 0 Å². The summed E-state index contributed by atoms with van der Waals surface area (Å²) in [6.45, 7) is 5.03. The summed E-state index contributed by atoms with van der Waals surface area (Å²) < 4.78 is 0. The molecule has 1 rings (SSSR count). The van der Waals surface area contributed by atoms with E-state index in [9.17, 15) is 0 Å². The van der Waals surface area contributed by atoms with Gasteiger partial charge >= 0.3 is 0 Å². The molecule has 11 heavy (non-hydrogen) atoms. The monoisotopic (exact) mass is 157 g/mol. The topological polar surface area (TPSA) is 32.3 Å². The fourth-order valence-electron chi connectivity index (χ4n) is 1.28. The first kappa shape index (κ1) is 9.01. The van der Waals surface area contributed by atoms with Crippen LogP contribution in [0.5, 0.6) is 0 Å². The second-order valence-electron chi connectivity index (χ2n) is 3.72. The van der Waals surface area contributed by atoms with Gasteiger partial charge < -0.3 is 10.4 Å². The molecule has 2 nitrogen and oxygen atoms in total. The second-order valence-corrected chi connectivity index (χ2v) is 3.72. The highest BCUT2D eigenvalue weighted by atomic mass is 16.3. The molecule has 0 aromatic carbocycles. The standard InChI is InChI=1S/C9H19NO/c1-7(11)5-6-10-8(2)9-3-4-9/h7-11H,3-6H2,1-2H3/t7-,8-/m1/s1. The summed E-state index contributed by atoms with van der Waals surface area (Å²) in [5.74, 6) is 0.920. The van der Waals surface area contributed by atoms with Crippen molar-refractivity contribution in [1.82, 2.24) is 5.32 Å². The van der Waals surface area contributed by atoms with Gasteiger partial charge in [-0.05, 0) is 45.6 Å². The van der Waals surface area contributed by atoms with Gasteiger partial charge in [-0.2, -0.15) is 0 Å². The molecule has 1 aliphatic rings. The molecule has 0 aromatic rings. The summed E-state index contributed by atoms with van der Waals surface area (Å²) >= 11 is 0. The number of rotatable bonds is 5. The fourth-order valence-corrected chi connectivity index (χ4v) is 1.28. The number of aliphatic hydroxyl groups excluding tert-OH is 1. The van der Waals surface area contributed by atoms with Gasteiger partial charge in [0.1, 0.15) is 0 Å². The lowest BCUT2D eigenvalue weighted by molar-refractivity contribution is 0.182. The van der Waals surface area contributed by atoms with Crippen LogP contribution in [0.2, 0.25) is 0 Å². The predicted molar refractivity (Wildman–Crippen MR) is 46.5 cm³/mol. The number of aliphatic hydroxyl groups is 1. The van der Waals surface area contributed by atoms with Gasteiger partial charge in [0.05, 0.1) is 6.10 Å². The third kappa shape index (κ3) is 3.73. The molecule has 0 radical (unpaired) electrons. The van der Waals surface area contributed by atoms with Crippen LogP contribution in [0.4, 0.5) is 0 Å². The first-order chi connectivity index (χ1) is 5.20. The van der Waals surface area contributed by atoms with Crippen molar-refractivity contribution in [3.63, 3.8) is 0 Å². The SMILES string of the molecule is C[C@@H](O)CCN[C@H](C)C1CC1. The maximum atomic E-state index is 8.98. The minimum absolute atomic E-state index is 0.158. The lowest BCUT2D eigenvalue weighted by Crippen LogP contribution is -2.30. The van der Waals surface area contributed by atoms with Crippen LogP contribution in [-0.2, 0) is 0 Å². The lowest BCUT2D eigenvalue weighted by Gasteiger charge is -2.12. The van der Waals surface area contributed by atoms with Crippen LogP contribution in [0.3, 0.4) is 0 Å². The Labute approximate surface area is 69.0 Å². The van der Waals surface area contributed by atoms with E-state index in [1.807, 2.05) is 6.92 Å². The van der Waals surface area contributed by atoms with Crippen molar-refractivity contribution in [2.75, 3.05) is 6.54 Å². The number of hydrogen-bond donors (Lipinski definition) is 2. The van der Waals surface area contributed by atoms with Gasteiger partial charge in [0.15, 0.2) is 0 Å². The van der Waals surface area contributed by atoms with Crippen molar-refractivity contribution in [2.24, 2.45) is 5.92 Å². The summed E-state index contributed by atoms with van der Waals surface area (Å²) in [5.41, 5.74) is 0. The Morgan fingerprint density at radius 2 is 2.09 bits per heavy atom. The molecule has 1 aliphatic carbocycles. The molecule has 1 saturated carbocycles. The van der Waals surface area contributed by atoms with E-state index in [1.165, 1.54) is 12.8 Å².